The smallest absolute Gasteiger partial charge is 0.295 e. The number of likely N-dealkylation sites (tertiary alicyclic amines) is 1. The van der Waals surface area contributed by atoms with E-state index in [4.69, 9.17) is 14.2 Å². The normalized spacial score (nSPS) is 17.4. The van der Waals surface area contributed by atoms with Crippen molar-refractivity contribution in [3.05, 3.63) is 64.2 Å². The highest BCUT2D eigenvalue weighted by molar-refractivity contribution is 6.46. The van der Waals surface area contributed by atoms with E-state index in [0.29, 0.717) is 42.2 Å². The second kappa shape index (κ2) is 11.6. The van der Waals surface area contributed by atoms with Crippen LogP contribution in [-0.4, -0.2) is 55.2 Å². The molecule has 1 N–H and O–H groups in total. The number of aliphatic hydroxyl groups excluding tert-OH is 1. The number of ketones is 1. The van der Waals surface area contributed by atoms with Crippen molar-refractivity contribution in [3.8, 4) is 11.5 Å². The number of hydrogen-bond donors (Lipinski definition) is 1. The van der Waals surface area contributed by atoms with Gasteiger partial charge in [0.2, 0.25) is 0 Å². The van der Waals surface area contributed by atoms with Crippen LogP contribution >= 0.6 is 0 Å². The third-order valence-corrected chi connectivity index (χ3v) is 6.40. The Labute approximate surface area is 213 Å². The van der Waals surface area contributed by atoms with E-state index in [-0.39, 0.29) is 23.4 Å². The second-order valence-corrected chi connectivity index (χ2v) is 9.61. The topological polar surface area (TPSA) is 85.3 Å². The van der Waals surface area contributed by atoms with Crippen LogP contribution in [0.1, 0.15) is 68.3 Å². The van der Waals surface area contributed by atoms with Crippen LogP contribution in [0.5, 0.6) is 11.5 Å². The van der Waals surface area contributed by atoms with Crippen molar-refractivity contribution in [2.75, 3.05) is 27.4 Å². The van der Waals surface area contributed by atoms with Crippen LogP contribution in [0.2, 0.25) is 0 Å². The van der Waals surface area contributed by atoms with E-state index in [1.807, 2.05) is 58.9 Å². The number of aliphatic hydroxyl groups is 1. The van der Waals surface area contributed by atoms with Gasteiger partial charge in [-0.2, -0.15) is 0 Å². The van der Waals surface area contributed by atoms with Gasteiger partial charge in [0.05, 0.1) is 31.9 Å². The molecule has 0 aromatic heterocycles. The number of carbonyl (C=O) groups is 2. The standard InChI is InChI=1S/C29H37NO6/c1-17(2)22-16-23(19(5)14-24(22)35-7)27(31)25-26(20-10-8-11-21(15-20)34-6)30(29(33)28(25)32)12-9-13-36-18(3)4/h8,10-11,14-18,26,31H,9,12-13H2,1-7H3/b27-25+. The number of amides is 1. The summed E-state index contributed by atoms with van der Waals surface area (Å²) in [7, 11) is 3.17. The van der Waals surface area contributed by atoms with Crippen LogP contribution in [-0.2, 0) is 14.3 Å². The summed E-state index contributed by atoms with van der Waals surface area (Å²) in [5.41, 5.74) is 2.92. The Kier molecular flexibility index (Phi) is 8.79. The lowest BCUT2D eigenvalue weighted by Crippen LogP contribution is -2.31. The summed E-state index contributed by atoms with van der Waals surface area (Å²) in [6, 6.07) is 10.2. The average Bonchev–Trinajstić information content (AvgIpc) is 3.10. The van der Waals surface area contributed by atoms with Gasteiger partial charge < -0.3 is 24.2 Å². The molecular weight excluding hydrogens is 458 g/mol. The third kappa shape index (κ3) is 5.57. The first-order valence-corrected chi connectivity index (χ1v) is 12.3. The molecule has 2 aromatic carbocycles. The molecule has 194 valence electrons. The third-order valence-electron chi connectivity index (χ3n) is 6.40. The Balaban J connectivity index is 2.16. The molecule has 1 unspecified atom stereocenters. The maximum Gasteiger partial charge on any atom is 0.295 e. The monoisotopic (exact) mass is 495 g/mol. The van der Waals surface area contributed by atoms with Crippen LogP contribution in [0, 0.1) is 6.92 Å². The summed E-state index contributed by atoms with van der Waals surface area (Å²) in [4.78, 5) is 28.1. The molecule has 36 heavy (non-hydrogen) atoms. The lowest BCUT2D eigenvalue weighted by Gasteiger charge is -2.26. The minimum absolute atomic E-state index is 0.0704. The Morgan fingerprint density at radius 1 is 1.06 bits per heavy atom. The largest absolute Gasteiger partial charge is 0.507 e. The lowest BCUT2D eigenvalue weighted by atomic mass is 9.91. The van der Waals surface area contributed by atoms with Gasteiger partial charge in [-0.05, 0) is 74.1 Å². The van der Waals surface area contributed by atoms with E-state index >= 15 is 0 Å². The van der Waals surface area contributed by atoms with Crippen molar-refractivity contribution in [1.29, 1.82) is 0 Å². The van der Waals surface area contributed by atoms with Crippen LogP contribution < -0.4 is 9.47 Å². The van der Waals surface area contributed by atoms with Crippen LogP contribution in [0.25, 0.3) is 5.76 Å². The van der Waals surface area contributed by atoms with Gasteiger partial charge in [0.25, 0.3) is 11.7 Å². The molecule has 1 saturated heterocycles. The van der Waals surface area contributed by atoms with E-state index in [9.17, 15) is 14.7 Å². The molecule has 1 aliphatic rings. The number of carbonyl (C=O) groups excluding carboxylic acids is 2. The van der Waals surface area contributed by atoms with E-state index in [0.717, 1.165) is 11.1 Å². The first kappa shape index (κ1) is 27.3. The van der Waals surface area contributed by atoms with Gasteiger partial charge in [0, 0.05) is 18.7 Å². The summed E-state index contributed by atoms with van der Waals surface area (Å²) in [5.74, 6) is -0.0812. The zero-order valence-electron chi connectivity index (χ0n) is 22.3. The molecule has 1 amide bonds. The fourth-order valence-electron chi connectivity index (χ4n) is 4.55. The SMILES string of the molecule is COc1cccc(C2/C(=C(\O)c3cc(C(C)C)c(OC)cc3C)C(=O)C(=O)N2CCCOC(C)C)c1. The summed E-state index contributed by atoms with van der Waals surface area (Å²) < 4.78 is 16.6. The number of hydrogen-bond acceptors (Lipinski definition) is 6. The Hall–Kier alpha value is -3.32. The summed E-state index contributed by atoms with van der Waals surface area (Å²) in [6.45, 7) is 10.6. The number of benzene rings is 2. The molecule has 2 aromatic rings. The molecule has 1 aliphatic heterocycles. The number of rotatable bonds is 10. The first-order valence-electron chi connectivity index (χ1n) is 12.3. The van der Waals surface area contributed by atoms with Crippen molar-refractivity contribution in [3.63, 3.8) is 0 Å². The maximum absolute atomic E-state index is 13.4. The lowest BCUT2D eigenvalue weighted by molar-refractivity contribution is -0.140. The van der Waals surface area contributed by atoms with Crippen molar-refractivity contribution in [2.24, 2.45) is 0 Å². The van der Waals surface area contributed by atoms with E-state index in [1.54, 1.807) is 26.4 Å². The molecule has 1 fully saturated rings. The average molecular weight is 496 g/mol. The van der Waals surface area contributed by atoms with E-state index in [1.165, 1.54) is 4.90 Å². The Morgan fingerprint density at radius 2 is 1.78 bits per heavy atom. The van der Waals surface area contributed by atoms with Gasteiger partial charge in [-0.25, -0.2) is 0 Å². The van der Waals surface area contributed by atoms with Gasteiger partial charge in [-0.1, -0.05) is 26.0 Å². The molecule has 0 saturated carbocycles. The Morgan fingerprint density at radius 3 is 2.39 bits per heavy atom. The fourth-order valence-corrected chi connectivity index (χ4v) is 4.55. The quantitative estimate of drug-likeness (QED) is 0.206. The second-order valence-electron chi connectivity index (χ2n) is 9.61. The molecule has 0 spiro atoms. The molecule has 1 atom stereocenters. The fraction of sp³-hybridized carbons (Fsp3) is 0.448. The van der Waals surface area contributed by atoms with Gasteiger partial charge in [0.1, 0.15) is 17.3 Å². The summed E-state index contributed by atoms with van der Waals surface area (Å²) in [6.07, 6.45) is 0.632. The molecule has 7 heteroatoms. The molecular formula is C29H37NO6. The maximum atomic E-state index is 13.4. The molecule has 7 nitrogen and oxygen atoms in total. The molecule has 0 bridgehead atoms. The van der Waals surface area contributed by atoms with Crippen LogP contribution in [0.3, 0.4) is 0 Å². The minimum Gasteiger partial charge on any atom is -0.507 e. The van der Waals surface area contributed by atoms with Gasteiger partial charge in [0.15, 0.2) is 0 Å². The van der Waals surface area contributed by atoms with Crippen molar-refractivity contribution >= 4 is 17.4 Å². The minimum atomic E-state index is -0.747. The van der Waals surface area contributed by atoms with E-state index in [2.05, 4.69) is 0 Å². The number of Topliss-reactive ketones (excluding diaryl/α,β-unsaturated/α-hetero) is 1. The van der Waals surface area contributed by atoms with Gasteiger partial charge >= 0.3 is 0 Å². The molecule has 1 heterocycles. The summed E-state index contributed by atoms with van der Waals surface area (Å²) in [5, 5.41) is 11.6. The predicted octanol–water partition coefficient (Wildman–Crippen LogP) is 5.37. The molecule has 0 aliphatic carbocycles. The highest BCUT2D eigenvalue weighted by Crippen LogP contribution is 2.42. The van der Waals surface area contributed by atoms with Crippen molar-refractivity contribution < 1.29 is 28.9 Å². The summed E-state index contributed by atoms with van der Waals surface area (Å²) >= 11 is 0. The molecule has 0 radical (unpaired) electrons. The number of ether oxygens (including phenoxy) is 3. The molecule has 3 rings (SSSR count). The first-order chi connectivity index (χ1) is 17.1. The van der Waals surface area contributed by atoms with Crippen LogP contribution in [0.15, 0.2) is 42.0 Å². The van der Waals surface area contributed by atoms with Crippen LogP contribution in [0.4, 0.5) is 0 Å². The predicted molar refractivity (Wildman–Crippen MR) is 140 cm³/mol. The van der Waals surface area contributed by atoms with Gasteiger partial charge in [-0.3, -0.25) is 9.59 Å². The zero-order valence-corrected chi connectivity index (χ0v) is 22.3. The number of nitrogens with zero attached hydrogens (tertiary/aromatic N) is 1. The zero-order chi connectivity index (χ0) is 26.6. The van der Waals surface area contributed by atoms with Gasteiger partial charge in [-0.15, -0.1) is 0 Å². The van der Waals surface area contributed by atoms with Crippen molar-refractivity contribution in [2.45, 2.75) is 59.1 Å². The van der Waals surface area contributed by atoms with E-state index < -0.39 is 17.7 Å². The Bertz CT molecular complexity index is 1150. The number of aryl methyl sites for hydroxylation is 1. The highest BCUT2D eigenvalue weighted by Gasteiger charge is 2.46. The van der Waals surface area contributed by atoms with Crippen molar-refractivity contribution in [1.82, 2.24) is 4.90 Å². The number of methoxy groups -OCH3 is 2. The highest BCUT2D eigenvalue weighted by atomic mass is 16.5.